The number of ether oxygens (including phenoxy) is 1. The maximum Gasteiger partial charge on any atom is 0.410 e. The summed E-state index contributed by atoms with van der Waals surface area (Å²) in [5.74, 6) is 4.84. The standard InChI is InChI=1S/C28H31FN2O5S/c1-27(2,3)36-26(32)30(6)18-21-17-25(23-12-7-8-13-24(23)29)31(19-21)37(34,35)22-11-9-10-20(16-22)14-15-28(4,5)33/h7-13,16-17,19,33H,18H2,1-6H3. The van der Waals surface area contributed by atoms with Gasteiger partial charge in [-0.2, -0.15) is 0 Å². The Morgan fingerprint density at radius 1 is 1.08 bits per heavy atom. The van der Waals surface area contributed by atoms with E-state index in [2.05, 4.69) is 11.8 Å². The van der Waals surface area contributed by atoms with Crippen molar-refractivity contribution in [3.05, 3.63) is 77.7 Å². The van der Waals surface area contributed by atoms with Gasteiger partial charge in [0.15, 0.2) is 0 Å². The fourth-order valence-electron chi connectivity index (χ4n) is 3.40. The van der Waals surface area contributed by atoms with Crippen molar-refractivity contribution in [2.75, 3.05) is 7.05 Å². The zero-order valence-corrected chi connectivity index (χ0v) is 22.6. The first-order valence-electron chi connectivity index (χ1n) is 11.6. The van der Waals surface area contributed by atoms with Crippen molar-refractivity contribution >= 4 is 16.1 Å². The van der Waals surface area contributed by atoms with Crippen LogP contribution in [-0.2, 0) is 21.3 Å². The molecule has 1 amide bonds. The number of hydrogen-bond donors (Lipinski definition) is 1. The van der Waals surface area contributed by atoms with Gasteiger partial charge in [-0.25, -0.2) is 21.6 Å². The monoisotopic (exact) mass is 526 g/mol. The summed E-state index contributed by atoms with van der Waals surface area (Å²) in [6, 6.07) is 13.4. The van der Waals surface area contributed by atoms with Gasteiger partial charge in [-0.15, -0.1) is 0 Å². The third-order valence-electron chi connectivity index (χ3n) is 5.02. The second-order valence-corrected chi connectivity index (χ2v) is 12.0. The predicted molar refractivity (Wildman–Crippen MR) is 140 cm³/mol. The summed E-state index contributed by atoms with van der Waals surface area (Å²) in [6.45, 7) is 8.33. The van der Waals surface area contributed by atoms with Gasteiger partial charge in [0.25, 0.3) is 10.0 Å². The average molecular weight is 527 g/mol. The van der Waals surface area contributed by atoms with Gasteiger partial charge in [0.05, 0.1) is 17.1 Å². The molecule has 0 aliphatic rings. The first-order valence-corrected chi connectivity index (χ1v) is 13.0. The van der Waals surface area contributed by atoms with Crippen LogP contribution in [0.5, 0.6) is 0 Å². The number of nitrogens with zero attached hydrogens (tertiary/aromatic N) is 2. The minimum absolute atomic E-state index is 0.0377. The highest BCUT2D eigenvalue weighted by atomic mass is 32.2. The number of carbonyl (C=O) groups excluding carboxylic acids is 1. The SMILES string of the molecule is CN(Cc1cc(-c2ccccc2F)n(S(=O)(=O)c2cccc(C#CC(C)(C)O)c2)c1)C(=O)OC(C)(C)C. The molecule has 0 saturated carbocycles. The molecule has 0 saturated heterocycles. The van der Waals surface area contributed by atoms with Crippen LogP contribution in [0.1, 0.15) is 45.7 Å². The summed E-state index contributed by atoms with van der Waals surface area (Å²) < 4.78 is 48.7. The van der Waals surface area contributed by atoms with E-state index in [-0.39, 0.29) is 22.7 Å². The Hall–Kier alpha value is -3.61. The van der Waals surface area contributed by atoms with Crippen molar-refractivity contribution in [3.63, 3.8) is 0 Å². The van der Waals surface area contributed by atoms with Gasteiger partial charge in [-0.05, 0) is 76.6 Å². The van der Waals surface area contributed by atoms with E-state index in [1.165, 1.54) is 68.4 Å². The van der Waals surface area contributed by atoms with Crippen LogP contribution in [0.25, 0.3) is 11.3 Å². The van der Waals surface area contributed by atoms with E-state index in [0.29, 0.717) is 11.1 Å². The molecular formula is C28H31FN2O5S. The molecule has 2 aromatic carbocycles. The van der Waals surface area contributed by atoms with Crippen LogP contribution in [0.15, 0.2) is 65.7 Å². The first-order chi connectivity index (χ1) is 17.1. The normalized spacial score (nSPS) is 12.0. The summed E-state index contributed by atoms with van der Waals surface area (Å²) >= 11 is 0. The second-order valence-electron chi connectivity index (χ2n) is 10.2. The Morgan fingerprint density at radius 2 is 1.76 bits per heavy atom. The van der Waals surface area contributed by atoms with Crippen molar-refractivity contribution in [1.82, 2.24) is 8.87 Å². The average Bonchev–Trinajstić information content (AvgIpc) is 3.21. The van der Waals surface area contributed by atoms with Gasteiger partial charge in [0.1, 0.15) is 17.0 Å². The Balaban J connectivity index is 2.09. The summed E-state index contributed by atoms with van der Waals surface area (Å²) in [6.07, 6.45) is 0.793. The molecule has 0 radical (unpaired) electrons. The molecule has 0 atom stereocenters. The van der Waals surface area contributed by atoms with Gasteiger partial charge in [-0.1, -0.05) is 30.0 Å². The number of amides is 1. The van der Waals surface area contributed by atoms with Crippen molar-refractivity contribution < 1.29 is 27.4 Å². The summed E-state index contributed by atoms with van der Waals surface area (Å²) in [7, 11) is -2.65. The van der Waals surface area contributed by atoms with Crippen LogP contribution in [0, 0.1) is 17.7 Å². The van der Waals surface area contributed by atoms with Crippen molar-refractivity contribution in [2.45, 2.75) is 57.3 Å². The summed E-state index contributed by atoms with van der Waals surface area (Å²) in [4.78, 5) is 13.7. The fourth-order valence-corrected chi connectivity index (χ4v) is 4.84. The lowest BCUT2D eigenvalue weighted by Crippen LogP contribution is -2.33. The van der Waals surface area contributed by atoms with Crippen LogP contribution in [0.3, 0.4) is 0 Å². The molecule has 9 heteroatoms. The van der Waals surface area contributed by atoms with E-state index < -0.39 is 33.1 Å². The van der Waals surface area contributed by atoms with E-state index >= 15 is 0 Å². The summed E-state index contributed by atoms with van der Waals surface area (Å²) in [5, 5.41) is 9.88. The number of aromatic nitrogens is 1. The molecule has 1 heterocycles. The molecule has 0 fully saturated rings. The van der Waals surface area contributed by atoms with E-state index in [1.54, 1.807) is 39.0 Å². The predicted octanol–water partition coefficient (Wildman–Crippen LogP) is 5.02. The molecule has 7 nitrogen and oxygen atoms in total. The number of carbonyl (C=O) groups is 1. The van der Waals surface area contributed by atoms with Gasteiger partial charge >= 0.3 is 6.09 Å². The second kappa shape index (κ2) is 10.4. The highest BCUT2D eigenvalue weighted by Gasteiger charge is 2.25. The van der Waals surface area contributed by atoms with E-state index in [9.17, 15) is 22.7 Å². The third-order valence-corrected chi connectivity index (χ3v) is 6.69. The highest BCUT2D eigenvalue weighted by Crippen LogP contribution is 2.30. The smallest absolute Gasteiger partial charge is 0.410 e. The number of hydrogen-bond acceptors (Lipinski definition) is 5. The van der Waals surface area contributed by atoms with Crippen LogP contribution >= 0.6 is 0 Å². The highest BCUT2D eigenvalue weighted by molar-refractivity contribution is 7.90. The molecule has 196 valence electrons. The quantitative estimate of drug-likeness (QED) is 0.472. The lowest BCUT2D eigenvalue weighted by atomic mass is 10.1. The molecule has 37 heavy (non-hydrogen) atoms. The van der Waals surface area contributed by atoms with Crippen molar-refractivity contribution in [2.24, 2.45) is 0 Å². The first kappa shape index (κ1) is 28.0. The summed E-state index contributed by atoms with van der Waals surface area (Å²) in [5.41, 5.74) is -0.879. The Labute approximate surface area is 217 Å². The number of rotatable bonds is 5. The third kappa shape index (κ3) is 7.21. The molecule has 1 N–H and O–H groups in total. The Bertz CT molecular complexity index is 1470. The van der Waals surface area contributed by atoms with Crippen LogP contribution in [-0.4, -0.2) is 46.7 Å². The number of aliphatic hydroxyl groups is 1. The topological polar surface area (TPSA) is 88.8 Å². The largest absolute Gasteiger partial charge is 0.444 e. The molecule has 0 unspecified atom stereocenters. The van der Waals surface area contributed by atoms with Crippen molar-refractivity contribution in [3.8, 4) is 23.1 Å². The molecule has 3 rings (SSSR count). The molecule has 1 aromatic heterocycles. The van der Waals surface area contributed by atoms with Gasteiger partial charge < -0.3 is 14.7 Å². The lowest BCUT2D eigenvalue weighted by molar-refractivity contribution is 0.0285. The molecular weight excluding hydrogens is 495 g/mol. The van der Waals surface area contributed by atoms with Crippen LogP contribution < -0.4 is 0 Å². The molecule has 0 aliphatic carbocycles. The lowest BCUT2D eigenvalue weighted by Gasteiger charge is -2.24. The van der Waals surface area contributed by atoms with Crippen LogP contribution in [0.4, 0.5) is 9.18 Å². The molecule has 0 aliphatic heterocycles. The molecule has 0 spiro atoms. The number of halogens is 1. The van der Waals surface area contributed by atoms with E-state index in [4.69, 9.17) is 4.74 Å². The minimum atomic E-state index is -4.19. The molecule has 0 bridgehead atoms. The fraction of sp³-hybridized carbons (Fsp3) is 0.321. The van der Waals surface area contributed by atoms with E-state index in [0.717, 1.165) is 3.97 Å². The maximum atomic E-state index is 14.8. The zero-order valence-electron chi connectivity index (χ0n) is 21.7. The van der Waals surface area contributed by atoms with Gasteiger partial charge in [0, 0.05) is 24.4 Å². The molecule has 3 aromatic rings. The maximum absolute atomic E-state index is 14.8. The number of benzene rings is 2. The van der Waals surface area contributed by atoms with Crippen molar-refractivity contribution in [1.29, 1.82) is 0 Å². The Kier molecular flexibility index (Phi) is 7.86. The zero-order chi connectivity index (χ0) is 27.6. The van der Waals surface area contributed by atoms with Gasteiger partial charge in [-0.3, -0.25) is 0 Å². The van der Waals surface area contributed by atoms with Gasteiger partial charge in [0.2, 0.25) is 0 Å². The minimum Gasteiger partial charge on any atom is -0.444 e. The van der Waals surface area contributed by atoms with E-state index in [1.807, 2.05) is 0 Å². The Morgan fingerprint density at radius 3 is 2.38 bits per heavy atom. The van der Waals surface area contributed by atoms with Crippen LogP contribution in [0.2, 0.25) is 0 Å².